The number of hydrogen-bond donors (Lipinski definition) is 1. The summed E-state index contributed by atoms with van der Waals surface area (Å²) in [5, 5.41) is 18.6. The average molecular weight is 257 g/mol. The Kier molecular flexibility index (Phi) is 5.55. The molecule has 0 aromatic heterocycles. The Labute approximate surface area is 102 Å². The van der Waals surface area contributed by atoms with Gasteiger partial charge in [-0.15, -0.1) is 0 Å². The quantitative estimate of drug-likeness (QED) is 0.371. The molecule has 0 amide bonds. The molecule has 0 aliphatic carbocycles. The second kappa shape index (κ2) is 7.20. The van der Waals surface area contributed by atoms with Gasteiger partial charge in [0.05, 0.1) is 18.1 Å². The first-order chi connectivity index (χ1) is 8.61. The van der Waals surface area contributed by atoms with Crippen LogP contribution in [0.5, 0.6) is 5.75 Å². The van der Waals surface area contributed by atoms with Crippen molar-refractivity contribution in [3.63, 3.8) is 0 Å². The lowest BCUT2D eigenvalue weighted by atomic mass is 10.3. The molecule has 1 N–H and O–H groups in total. The van der Waals surface area contributed by atoms with Gasteiger partial charge in [0.15, 0.2) is 0 Å². The van der Waals surface area contributed by atoms with Crippen molar-refractivity contribution in [3.05, 3.63) is 34.4 Å². The van der Waals surface area contributed by atoms with Gasteiger partial charge in [0.2, 0.25) is 5.75 Å². The summed E-state index contributed by atoms with van der Waals surface area (Å²) >= 11 is 0. The topological polar surface area (TPSA) is 108 Å². The highest BCUT2D eigenvalue weighted by Gasteiger charge is 2.15. The lowest BCUT2D eigenvalue weighted by Gasteiger charge is -1.99. The van der Waals surface area contributed by atoms with Crippen LogP contribution in [0, 0.1) is 10.1 Å². The minimum Gasteiger partial charge on any atom is -0.449 e. The molecular formula is C10H11NO7. The van der Waals surface area contributed by atoms with Gasteiger partial charge in [0.25, 0.3) is 0 Å². The van der Waals surface area contributed by atoms with E-state index in [-0.39, 0.29) is 11.4 Å². The highest BCUT2D eigenvalue weighted by atomic mass is 16.7. The van der Waals surface area contributed by atoms with Gasteiger partial charge in [-0.2, -0.15) is 0 Å². The fourth-order valence-electron chi connectivity index (χ4n) is 1.08. The number of nitro benzene ring substituents is 1. The summed E-state index contributed by atoms with van der Waals surface area (Å²) in [6, 6.07) is 5.25. The van der Waals surface area contributed by atoms with E-state index >= 15 is 0 Å². The van der Waals surface area contributed by atoms with Crippen molar-refractivity contribution < 1.29 is 29.0 Å². The lowest BCUT2D eigenvalue weighted by molar-refractivity contribution is -0.385. The molecule has 0 radical (unpaired) electrons. The van der Waals surface area contributed by atoms with Crippen LogP contribution in [-0.4, -0.2) is 36.2 Å². The summed E-state index contributed by atoms with van der Waals surface area (Å²) < 4.78 is 13.6. The predicted octanol–water partition coefficient (Wildman–Crippen LogP) is 1.64. The number of ether oxygens (including phenoxy) is 3. The van der Waals surface area contributed by atoms with Crippen LogP contribution in [0.15, 0.2) is 24.3 Å². The molecule has 18 heavy (non-hydrogen) atoms. The van der Waals surface area contributed by atoms with Gasteiger partial charge in [-0.3, -0.25) is 10.1 Å². The van der Waals surface area contributed by atoms with Crippen molar-refractivity contribution in [1.29, 1.82) is 0 Å². The van der Waals surface area contributed by atoms with Crippen LogP contribution in [-0.2, 0) is 9.47 Å². The van der Waals surface area contributed by atoms with Crippen molar-refractivity contribution in [2.24, 2.45) is 0 Å². The van der Waals surface area contributed by atoms with Gasteiger partial charge in [-0.25, -0.2) is 4.79 Å². The molecule has 0 bridgehead atoms. The summed E-state index contributed by atoms with van der Waals surface area (Å²) in [5.41, 5.74) is -0.370. The Morgan fingerprint density at radius 1 is 1.33 bits per heavy atom. The van der Waals surface area contributed by atoms with E-state index in [1.165, 1.54) is 18.2 Å². The van der Waals surface area contributed by atoms with E-state index in [0.717, 1.165) is 19.3 Å². The molecule has 1 heterocycles. The standard InChI is InChI=1S/C7H5NO5.C3H6O2/c9-7(10)13-6-4-2-1-3-5(6)8(11)12;1-2-5-3-4-1/h1-4H,(H,9,10);1-3H2. The van der Waals surface area contributed by atoms with Crippen molar-refractivity contribution in [1.82, 2.24) is 0 Å². The zero-order valence-electron chi connectivity index (χ0n) is 9.27. The number of rotatable bonds is 2. The first-order valence-electron chi connectivity index (χ1n) is 4.91. The molecule has 0 unspecified atom stereocenters. The van der Waals surface area contributed by atoms with E-state index < -0.39 is 11.1 Å². The molecule has 98 valence electrons. The highest BCUT2D eigenvalue weighted by molar-refractivity contribution is 5.64. The van der Waals surface area contributed by atoms with Crippen LogP contribution in [0.4, 0.5) is 10.5 Å². The Morgan fingerprint density at radius 3 is 2.39 bits per heavy atom. The number of carboxylic acid groups (broad SMARTS) is 1. The van der Waals surface area contributed by atoms with Crippen molar-refractivity contribution in [3.8, 4) is 5.75 Å². The fraction of sp³-hybridized carbons (Fsp3) is 0.300. The Balaban J connectivity index is 0.000000269. The van der Waals surface area contributed by atoms with Crippen LogP contribution in [0.2, 0.25) is 0 Å². The summed E-state index contributed by atoms with van der Waals surface area (Å²) in [6.07, 6.45) is -1.57. The van der Waals surface area contributed by atoms with Crippen molar-refractivity contribution in [2.45, 2.75) is 0 Å². The van der Waals surface area contributed by atoms with Gasteiger partial charge < -0.3 is 19.3 Å². The zero-order chi connectivity index (χ0) is 13.4. The fourth-order valence-corrected chi connectivity index (χ4v) is 1.08. The van der Waals surface area contributed by atoms with Gasteiger partial charge in [-0.05, 0) is 6.07 Å². The normalized spacial score (nSPS) is 13.3. The monoisotopic (exact) mass is 257 g/mol. The SMILES string of the molecule is C1COCO1.O=C(O)Oc1ccccc1[N+](=O)[O-]. The summed E-state index contributed by atoms with van der Waals surface area (Å²) in [5.74, 6) is -0.278. The molecule has 1 aliphatic heterocycles. The van der Waals surface area contributed by atoms with E-state index in [1.807, 2.05) is 0 Å². The second-order valence-electron chi connectivity index (χ2n) is 3.03. The van der Waals surface area contributed by atoms with Gasteiger partial charge in [0, 0.05) is 6.07 Å². The number of hydrogen-bond acceptors (Lipinski definition) is 6. The minimum absolute atomic E-state index is 0.278. The lowest BCUT2D eigenvalue weighted by Crippen LogP contribution is -2.04. The molecule has 1 saturated heterocycles. The Hall–Kier alpha value is -2.19. The van der Waals surface area contributed by atoms with Crippen LogP contribution < -0.4 is 4.74 Å². The maximum Gasteiger partial charge on any atom is 0.511 e. The Morgan fingerprint density at radius 2 is 1.94 bits per heavy atom. The van der Waals surface area contributed by atoms with Gasteiger partial charge >= 0.3 is 11.8 Å². The largest absolute Gasteiger partial charge is 0.511 e. The van der Waals surface area contributed by atoms with Crippen molar-refractivity contribution >= 4 is 11.8 Å². The maximum absolute atomic E-state index is 10.3. The van der Waals surface area contributed by atoms with Crippen molar-refractivity contribution in [2.75, 3.05) is 20.0 Å². The highest BCUT2D eigenvalue weighted by Crippen LogP contribution is 2.25. The third kappa shape index (κ3) is 4.76. The molecule has 0 saturated carbocycles. The van der Waals surface area contributed by atoms with E-state index in [2.05, 4.69) is 4.74 Å². The molecule has 8 heteroatoms. The predicted molar refractivity (Wildman–Crippen MR) is 58.5 cm³/mol. The third-order valence-corrected chi connectivity index (χ3v) is 1.80. The van der Waals surface area contributed by atoms with E-state index in [1.54, 1.807) is 0 Å². The Bertz CT molecular complexity index is 409. The minimum atomic E-state index is -1.57. The maximum atomic E-state index is 10.3. The van der Waals surface area contributed by atoms with E-state index in [9.17, 15) is 14.9 Å². The van der Waals surface area contributed by atoms with Crippen LogP contribution in [0.25, 0.3) is 0 Å². The molecule has 0 atom stereocenters. The molecule has 8 nitrogen and oxygen atoms in total. The molecule has 1 fully saturated rings. The molecule has 1 aromatic carbocycles. The molecule has 0 spiro atoms. The number of nitrogens with zero attached hydrogens (tertiary/aromatic N) is 1. The number of carbonyl (C=O) groups is 1. The van der Waals surface area contributed by atoms with Gasteiger partial charge in [0.1, 0.15) is 6.79 Å². The average Bonchev–Trinajstić information content (AvgIpc) is 2.87. The van der Waals surface area contributed by atoms with Crippen LogP contribution >= 0.6 is 0 Å². The first-order valence-corrected chi connectivity index (χ1v) is 4.91. The molecule has 2 rings (SSSR count). The zero-order valence-corrected chi connectivity index (χ0v) is 9.27. The van der Waals surface area contributed by atoms with Gasteiger partial charge in [-0.1, -0.05) is 12.1 Å². The first kappa shape index (κ1) is 13.9. The van der Waals surface area contributed by atoms with Crippen LogP contribution in [0.1, 0.15) is 0 Å². The number of para-hydroxylation sites is 2. The smallest absolute Gasteiger partial charge is 0.449 e. The van der Waals surface area contributed by atoms with Crippen LogP contribution in [0.3, 0.4) is 0 Å². The third-order valence-electron chi connectivity index (χ3n) is 1.80. The van der Waals surface area contributed by atoms with E-state index in [4.69, 9.17) is 14.6 Å². The summed E-state index contributed by atoms with van der Waals surface area (Å²) in [4.78, 5) is 19.7. The molecule has 1 aliphatic rings. The molecular weight excluding hydrogens is 246 g/mol. The number of benzene rings is 1. The second-order valence-corrected chi connectivity index (χ2v) is 3.03. The van der Waals surface area contributed by atoms with E-state index in [0.29, 0.717) is 6.79 Å². The summed E-state index contributed by atoms with van der Waals surface area (Å²) in [7, 11) is 0. The number of nitro groups is 1. The molecule has 1 aromatic rings. The summed E-state index contributed by atoms with van der Waals surface area (Å²) in [6.45, 7) is 2.06.